The number of aromatic nitrogens is 1. The minimum absolute atomic E-state index is 0.350. The molecule has 2 fully saturated rings. The van der Waals surface area contributed by atoms with Crippen molar-refractivity contribution in [2.45, 2.75) is 19.3 Å². The summed E-state index contributed by atoms with van der Waals surface area (Å²) in [5.41, 5.74) is 0. The molecule has 0 atom stereocenters. The molecule has 120 valence electrons. The number of halogens is 1. The summed E-state index contributed by atoms with van der Waals surface area (Å²) in [5, 5.41) is 0.670. The Hall–Kier alpha value is -0.940. The van der Waals surface area contributed by atoms with Crippen LogP contribution in [-0.4, -0.2) is 53.5 Å². The molecule has 3 rings (SSSR count). The Balaban J connectivity index is 1.47. The van der Waals surface area contributed by atoms with Crippen molar-refractivity contribution in [1.29, 1.82) is 0 Å². The van der Waals surface area contributed by atoms with Crippen LogP contribution >= 0.6 is 23.4 Å². The van der Waals surface area contributed by atoms with Gasteiger partial charge < -0.3 is 9.80 Å². The Morgan fingerprint density at radius 3 is 2.59 bits per heavy atom. The van der Waals surface area contributed by atoms with E-state index in [1.165, 1.54) is 0 Å². The van der Waals surface area contributed by atoms with Crippen LogP contribution in [0.3, 0.4) is 0 Å². The van der Waals surface area contributed by atoms with E-state index in [0.717, 1.165) is 56.3 Å². The molecule has 1 amide bonds. The fourth-order valence-corrected chi connectivity index (χ4v) is 4.12. The van der Waals surface area contributed by atoms with Gasteiger partial charge in [-0.1, -0.05) is 11.6 Å². The summed E-state index contributed by atoms with van der Waals surface area (Å²) in [5.74, 6) is 4.04. The van der Waals surface area contributed by atoms with E-state index in [4.69, 9.17) is 11.6 Å². The Labute approximate surface area is 141 Å². The molecule has 0 bridgehead atoms. The third kappa shape index (κ3) is 4.07. The number of piperidine rings is 1. The quantitative estimate of drug-likeness (QED) is 0.848. The number of rotatable bonds is 3. The van der Waals surface area contributed by atoms with E-state index >= 15 is 0 Å². The zero-order chi connectivity index (χ0) is 15.4. The molecule has 0 aliphatic carbocycles. The molecule has 2 aliphatic rings. The number of anilines is 1. The molecule has 0 aromatic carbocycles. The van der Waals surface area contributed by atoms with Crippen molar-refractivity contribution in [2.75, 3.05) is 42.6 Å². The molecule has 0 N–H and O–H groups in total. The van der Waals surface area contributed by atoms with Gasteiger partial charge in [0, 0.05) is 50.3 Å². The Kier molecular flexibility index (Phi) is 5.47. The van der Waals surface area contributed by atoms with Crippen LogP contribution in [0.5, 0.6) is 0 Å². The second-order valence-corrected chi connectivity index (χ2v) is 7.62. The highest BCUT2D eigenvalue weighted by Crippen LogP contribution is 2.25. The van der Waals surface area contributed by atoms with Gasteiger partial charge in [-0.2, -0.15) is 11.8 Å². The van der Waals surface area contributed by atoms with Crippen LogP contribution in [0.1, 0.15) is 19.3 Å². The lowest BCUT2D eigenvalue weighted by atomic mass is 9.93. The van der Waals surface area contributed by atoms with Gasteiger partial charge in [-0.05, 0) is 30.9 Å². The van der Waals surface area contributed by atoms with Crippen molar-refractivity contribution in [3.8, 4) is 0 Å². The van der Waals surface area contributed by atoms with E-state index in [0.29, 0.717) is 23.3 Å². The third-order valence-electron chi connectivity index (χ3n) is 4.48. The van der Waals surface area contributed by atoms with Gasteiger partial charge in [-0.3, -0.25) is 4.79 Å². The molecule has 22 heavy (non-hydrogen) atoms. The van der Waals surface area contributed by atoms with Crippen LogP contribution < -0.4 is 4.90 Å². The van der Waals surface area contributed by atoms with Gasteiger partial charge in [0.15, 0.2) is 0 Å². The fraction of sp³-hybridized carbons (Fsp3) is 0.625. The molecule has 0 radical (unpaired) electrons. The number of nitrogens with zero attached hydrogens (tertiary/aromatic N) is 3. The van der Waals surface area contributed by atoms with E-state index < -0.39 is 0 Å². The van der Waals surface area contributed by atoms with E-state index in [-0.39, 0.29) is 0 Å². The van der Waals surface area contributed by atoms with Crippen molar-refractivity contribution < 1.29 is 4.79 Å². The minimum atomic E-state index is 0.350. The topological polar surface area (TPSA) is 36.4 Å². The Bertz CT molecular complexity index is 497. The van der Waals surface area contributed by atoms with Gasteiger partial charge in [0.25, 0.3) is 0 Å². The second kappa shape index (κ2) is 7.55. The molecule has 2 saturated heterocycles. The van der Waals surface area contributed by atoms with E-state index in [1.54, 1.807) is 6.20 Å². The number of carbonyl (C=O) groups excluding carboxylic acids is 1. The van der Waals surface area contributed by atoms with Crippen molar-refractivity contribution in [3.63, 3.8) is 0 Å². The molecule has 6 heteroatoms. The minimum Gasteiger partial charge on any atom is -0.357 e. The zero-order valence-electron chi connectivity index (χ0n) is 12.7. The summed E-state index contributed by atoms with van der Waals surface area (Å²) >= 11 is 7.82. The summed E-state index contributed by atoms with van der Waals surface area (Å²) in [6.45, 7) is 3.80. The van der Waals surface area contributed by atoms with E-state index in [2.05, 4.69) is 9.88 Å². The largest absolute Gasteiger partial charge is 0.357 e. The smallest absolute Gasteiger partial charge is 0.222 e. The van der Waals surface area contributed by atoms with Crippen LogP contribution in [-0.2, 0) is 4.79 Å². The highest BCUT2D eigenvalue weighted by molar-refractivity contribution is 7.99. The third-order valence-corrected chi connectivity index (χ3v) is 5.64. The molecule has 1 aromatic rings. The zero-order valence-corrected chi connectivity index (χ0v) is 14.3. The van der Waals surface area contributed by atoms with Crippen molar-refractivity contribution in [2.24, 2.45) is 5.92 Å². The Morgan fingerprint density at radius 1 is 1.23 bits per heavy atom. The molecule has 0 saturated carbocycles. The molecule has 3 heterocycles. The molecule has 0 spiro atoms. The first-order valence-electron chi connectivity index (χ1n) is 7.94. The van der Waals surface area contributed by atoms with Crippen molar-refractivity contribution >= 4 is 35.1 Å². The average molecular weight is 340 g/mol. The second-order valence-electron chi connectivity index (χ2n) is 5.96. The molecular weight excluding hydrogens is 318 g/mol. The monoisotopic (exact) mass is 339 g/mol. The molecule has 2 aliphatic heterocycles. The standard InChI is InChI=1S/C16H22ClN3OS/c17-14-1-2-15(18-12-14)19-5-3-13(4-6-19)11-16(21)20-7-9-22-10-8-20/h1-2,12-13H,3-11H2. The maximum atomic E-state index is 12.3. The van der Waals surface area contributed by atoms with Gasteiger partial charge in [-0.15, -0.1) is 0 Å². The molecular formula is C16H22ClN3OS. The van der Waals surface area contributed by atoms with Crippen LogP contribution in [0.2, 0.25) is 5.02 Å². The predicted molar refractivity (Wildman–Crippen MR) is 92.7 cm³/mol. The van der Waals surface area contributed by atoms with Gasteiger partial charge in [0.05, 0.1) is 5.02 Å². The number of thioether (sulfide) groups is 1. The normalized spacial score (nSPS) is 20.2. The highest BCUT2D eigenvalue weighted by atomic mass is 35.5. The van der Waals surface area contributed by atoms with E-state index in [9.17, 15) is 4.79 Å². The van der Waals surface area contributed by atoms with Crippen LogP contribution in [0.25, 0.3) is 0 Å². The summed E-state index contributed by atoms with van der Waals surface area (Å²) in [6.07, 6.45) is 4.55. The SMILES string of the molecule is O=C(CC1CCN(c2ccc(Cl)cn2)CC1)N1CCSCC1. The fourth-order valence-electron chi connectivity index (χ4n) is 3.11. The lowest BCUT2D eigenvalue weighted by Crippen LogP contribution is -2.40. The summed E-state index contributed by atoms with van der Waals surface area (Å²) in [6, 6.07) is 3.85. The Morgan fingerprint density at radius 2 is 1.95 bits per heavy atom. The van der Waals surface area contributed by atoms with Crippen molar-refractivity contribution in [1.82, 2.24) is 9.88 Å². The van der Waals surface area contributed by atoms with Gasteiger partial charge >= 0.3 is 0 Å². The van der Waals surface area contributed by atoms with Gasteiger partial charge in [0.2, 0.25) is 5.91 Å². The summed E-state index contributed by atoms with van der Waals surface area (Å²) in [4.78, 5) is 21.0. The summed E-state index contributed by atoms with van der Waals surface area (Å²) < 4.78 is 0. The van der Waals surface area contributed by atoms with Crippen LogP contribution in [0.15, 0.2) is 18.3 Å². The maximum Gasteiger partial charge on any atom is 0.222 e. The highest BCUT2D eigenvalue weighted by Gasteiger charge is 2.25. The first-order chi connectivity index (χ1) is 10.7. The van der Waals surface area contributed by atoms with Gasteiger partial charge in [-0.25, -0.2) is 4.98 Å². The molecule has 4 nitrogen and oxygen atoms in total. The number of carbonyl (C=O) groups is 1. The van der Waals surface area contributed by atoms with Gasteiger partial charge in [0.1, 0.15) is 5.82 Å². The number of hydrogen-bond donors (Lipinski definition) is 0. The lowest BCUT2D eigenvalue weighted by Gasteiger charge is -2.34. The maximum absolute atomic E-state index is 12.3. The first-order valence-corrected chi connectivity index (χ1v) is 9.47. The number of hydrogen-bond acceptors (Lipinski definition) is 4. The number of pyridine rings is 1. The van der Waals surface area contributed by atoms with Crippen LogP contribution in [0.4, 0.5) is 5.82 Å². The van der Waals surface area contributed by atoms with E-state index in [1.807, 2.05) is 28.8 Å². The molecule has 0 unspecified atom stereocenters. The molecule has 1 aromatic heterocycles. The first kappa shape index (κ1) is 15.9. The average Bonchev–Trinajstić information content (AvgIpc) is 2.57. The summed E-state index contributed by atoms with van der Waals surface area (Å²) in [7, 11) is 0. The number of amides is 1. The predicted octanol–water partition coefficient (Wildman–Crippen LogP) is 2.92. The van der Waals surface area contributed by atoms with Crippen molar-refractivity contribution in [3.05, 3.63) is 23.4 Å². The lowest BCUT2D eigenvalue weighted by molar-refractivity contribution is -0.132. The van der Waals surface area contributed by atoms with Crippen LogP contribution in [0, 0.1) is 5.92 Å².